The number of aryl methyl sites for hydroxylation is 1. The summed E-state index contributed by atoms with van der Waals surface area (Å²) in [4.78, 5) is 22.2. The Morgan fingerprint density at radius 1 is 1.41 bits per heavy atom. The number of amides is 1. The Morgan fingerprint density at radius 3 is 2.86 bits per heavy atom. The SMILES string of the molecule is Cc1cnc([C@H]2CCCN(C(=O)Cc3ccc(Cl)cc3)C2)[nH]1. The molecule has 0 saturated carbocycles. The number of rotatable bonds is 3. The van der Waals surface area contributed by atoms with E-state index in [0.717, 1.165) is 43.0 Å². The summed E-state index contributed by atoms with van der Waals surface area (Å²) in [6.45, 7) is 3.59. The highest BCUT2D eigenvalue weighted by atomic mass is 35.5. The minimum absolute atomic E-state index is 0.176. The first-order chi connectivity index (χ1) is 10.6. The van der Waals surface area contributed by atoms with E-state index in [1.54, 1.807) is 0 Å². The minimum atomic E-state index is 0.176. The first-order valence-electron chi connectivity index (χ1n) is 7.65. The van der Waals surface area contributed by atoms with Crippen molar-refractivity contribution in [3.63, 3.8) is 0 Å². The van der Waals surface area contributed by atoms with Gasteiger partial charge >= 0.3 is 0 Å². The van der Waals surface area contributed by atoms with Crippen molar-refractivity contribution in [2.75, 3.05) is 13.1 Å². The van der Waals surface area contributed by atoms with Gasteiger partial charge in [-0.25, -0.2) is 4.98 Å². The largest absolute Gasteiger partial charge is 0.346 e. The van der Waals surface area contributed by atoms with Gasteiger partial charge in [0.1, 0.15) is 5.82 Å². The quantitative estimate of drug-likeness (QED) is 0.944. The summed E-state index contributed by atoms with van der Waals surface area (Å²) in [5.41, 5.74) is 2.07. The van der Waals surface area contributed by atoms with Crippen LogP contribution < -0.4 is 0 Å². The van der Waals surface area contributed by atoms with E-state index >= 15 is 0 Å². The molecular formula is C17H20ClN3O. The van der Waals surface area contributed by atoms with Crippen LogP contribution in [0.25, 0.3) is 0 Å². The van der Waals surface area contributed by atoms with Gasteiger partial charge in [-0.05, 0) is 37.5 Å². The van der Waals surface area contributed by atoms with Crippen molar-refractivity contribution in [2.45, 2.75) is 32.1 Å². The number of piperidine rings is 1. The molecule has 2 heterocycles. The number of nitrogens with zero attached hydrogens (tertiary/aromatic N) is 2. The van der Waals surface area contributed by atoms with Crippen molar-refractivity contribution in [2.24, 2.45) is 0 Å². The highest BCUT2D eigenvalue weighted by Crippen LogP contribution is 2.25. The molecule has 3 rings (SSSR count). The van der Waals surface area contributed by atoms with Crippen LogP contribution in [-0.4, -0.2) is 33.9 Å². The molecule has 0 unspecified atom stereocenters. The molecule has 1 fully saturated rings. The molecule has 1 saturated heterocycles. The molecule has 1 aromatic heterocycles. The predicted octanol–water partition coefficient (Wildman–Crippen LogP) is 3.32. The lowest BCUT2D eigenvalue weighted by Gasteiger charge is -2.32. The van der Waals surface area contributed by atoms with Gasteiger partial charge in [0.2, 0.25) is 5.91 Å². The highest BCUT2D eigenvalue weighted by Gasteiger charge is 2.26. The zero-order valence-electron chi connectivity index (χ0n) is 12.7. The zero-order chi connectivity index (χ0) is 15.5. The first-order valence-corrected chi connectivity index (χ1v) is 8.03. The number of halogens is 1. The van der Waals surface area contributed by atoms with Crippen LogP contribution in [0.1, 0.15) is 35.8 Å². The summed E-state index contributed by atoms with van der Waals surface area (Å²) < 4.78 is 0. The molecule has 22 heavy (non-hydrogen) atoms. The number of aromatic amines is 1. The lowest BCUT2D eigenvalue weighted by atomic mass is 9.96. The van der Waals surface area contributed by atoms with Crippen LogP contribution >= 0.6 is 11.6 Å². The summed E-state index contributed by atoms with van der Waals surface area (Å²) in [6.07, 6.45) is 4.39. The number of hydrogen-bond acceptors (Lipinski definition) is 2. The number of carbonyl (C=O) groups is 1. The number of likely N-dealkylation sites (tertiary alicyclic amines) is 1. The van der Waals surface area contributed by atoms with Crippen LogP contribution in [0.5, 0.6) is 0 Å². The Bertz CT molecular complexity index is 650. The average Bonchev–Trinajstić information content (AvgIpc) is 2.96. The average molecular weight is 318 g/mol. The Morgan fingerprint density at radius 2 is 2.18 bits per heavy atom. The topological polar surface area (TPSA) is 49.0 Å². The molecule has 1 aliphatic rings. The van der Waals surface area contributed by atoms with Gasteiger partial charge in [0, 0.05) is 35.9 Å². The van der Waals surface area contributed by atoms with Gasteiger partial charge in [-0.3, -0.25) is 4.79 Å². The molecule has 116 valence electrons. The molecule has 1 N–H and O–H groups in total. The third kappa shape index (κ3) is 3.50. The maximum absolute atomic E-state index is 12.5. The maximum atomic E-state index is 12.5. The van der Waals surface area contributed by atoms with E-state index in [9.17, 15) is 4.79 Å². The minimum Gasteiger partial charge on any atom is -0.346 e. The van der Waals surface area contributed by atoms with Gasteiger partial charge in [0.05, 0.1) is 6.42 Å². The number of imidazole rings is 1. The lowest BCUT2D eigenvalue weighted by molar-refractivity contribution is -0.131. The van der Waals surface area contributed by atoms with Gasteiger partial charge in [-0.1, -0.05) is 23.7 Å². The van der Waals surface area contributed by atoms with Crippen LogP contribution in [0.2, 0.25) is 5.02 Å². The fourth-order valence-electron chi connectivity index (χ4n) is 2.96. The molecule has 0 bridgehead atoms. The second-order valence-electron chi connectivity index (χ2n) is 5.93. The number of carbonyl (C=O) groups excluding carboxylic acids is 1. The van der Waals surface area contributed by atoms with Crippen molar-refractivity contribution >= 4 is 17.5 Å². The molecule has 1 atom stereocenters. The van der Waals surface area contributed by atoms with Crippen LogP contribution in [0.15, 0.2) is 30.5 Å². The second-order valence-corrected chi connectivity index (χ2v) is 6.37. The van der Waals surface area contributed by atoms with Crippen LogP contribution in [0.3, 0.4) is 0 Å². The van der Waals surface area contributed by atoms with Crippen molar-refractivity contribution in [3.8, 4) is 0 Å². The third-order valence-corrected chi connectivity index (χ3v) is 4.40. The molecule has 4 nitrogen and oxygen atoms in total. The predicted molar refractivity (Wildman–Crippen MR) is 87.0 cm³/mol. The zero-order valence-corrected chi connectivity index (χ0v) is 13.4. The number of aromatic nitrogens is 2. The smallest absolute Gasteiger partial charge is 0.227 e. The van der Waals surface area contributed by atoms with Gasteiger partial charge in [0.15, 0.2) is 0 Å². The highest BCUT2D eigenvalue weighted by molar-refractivity contribution is 6.30. The van der Waals surface area contributed by atoms with Crippen molar-refractivity contribution in [1.29, 1.82) is 0 Å². The molecule has 2 aromatic rings. The Kier molecular flexibility index (Phi) is 4.48. The molecule has 0 radical (unpaired) electrons. The first kappa shape index (κ1) is 15.1. The van der Waals surface area contributed by atoms with Gasteiger partial charge in [-0.15, -0.1) is 0 Å². The fourth-order valence-corrected chi connectivity index (χ4v) is 3.08. The molecule has 5 heteroatoms. The van der Waals surface area contributed by atoms with Crippen molar-refractivity contribution in [3.05, 3.63) is 52.6 Å². The number of H-pyrrole nitrogens is 1. The summed E-state index contributed by atoms with van der Waals surface area (Å²) in [6, 6.07) is 7.48. The molecule has 0 aliphatic carbocycles. The van der Waals surface area contributed by atoms with E-state index in [1.165, 1.54) is 0 Å². The summed E-state index contributed by atoms with van der Waals surface area (Å²) in [5.74, 6) is 1.49. The number of benzene rings is 1. The van der Waals surface area contributed by atoms with E-state index < -0.39 is 0 Å². The van der Waals surface area contributed by atoms with E-state index in [2.05, 4.69) is 9.97 Å². The van der Waals surface area contributed by atoms with Crippen LogP contribution in [0.4, 0.5) is 0 Å². The van der Waals surface area contributed by atoms with Gasteiger partial charge in [-0.2, -0.15) is 0 Å². The maximum Gasteiger partial charge on any atom is 0.227 e. The van der Waals surface area contributed by atoms with Crippen LogP contribution in [0, 0.1) is 6.92 Å². The molecule has 0 spiro atoms. The number of hydrogen-bond donors (Lipinski definition) is 1. The van der Waals surface area contributed by atoms with Gasteiger partial charge < -0.3 is 9.88 Å². The summed E-state index contributed by atoms with van der Waals surface area (Å²) >= 11 is 5.88. The van der Waals surface area contributed by atoms with Crippen LogP contribution in [-0.2, 0) is 11.2 Å². The van der Waals surface area contributed by atoms with Crippen molar-refractivity contribution < 1.29 is 4.79 Å². The second kappa shape index (κ2) is 6.53. The van der Waals surface area contributed by atoms with Gasteiger partial charge in [0.25, 0.3) is 0 Å². The molecule has 1 amide bonds. The number of nitrogens with one attached hydrogen (secondary N) is 1. The van der Waals surface area contributed by atoms with E-state index in [0.29, 0.717) is 17.4 Å². The monoisotopic (exact) mass is 317 g/mol. The van der Waals surface area contributed by atoms with E-state index in [4.69, 9.17) is 11.6 Å². The Balaban J connectivity index is 1.63. The van der Waals surface area contributed by atoms with E-state index in [1.807, 2.05) is 42.3 Å². The summed E-state index contributed by atoms with van der Waals surface area (Å²) in [5, 5.41) is 0.697. The third-order valence-electron chi connectivity index (χ3n) is 4.15. The standard InChI is InChI=1S/C17H20ClN3O/c1-12-10-19-17(20-12)14-3-2-8-21(11-14)16(22)9-13-4-6-15(18)7-5-13/h4-7,10,14H,2-3,8-9,11H2,1H3,(H,19,20)/t14-/m0/s1. The molecular weight excluding hydrogens is 298 g/mol. The summed E-state index contributed by atoms with van der Waals surface area (Å²) in [7, 11) is 0. The Labute approximate surface area is 135 Å². The lowest BCUT2D eigenvalue weighted by Crippen LogP contribution is -2.40. The van der Waals surface area contributed by atoms with Crippen molar-refractivity contribution in [1.82, 2.24) is 14.9 Å². The normalized spacial score (nSPS) is 18.5. The van der Waals surface area contributed by atoms with E-state index in [-0.39, 0.29) is 5.91 Å². The molecule has 1 aromatic carbocycles. The fraction of sp³-hybridized carbons (Fsp3) is 0.412. The molecule has 1 aliphatic heterocycles. The Hall–Kier alpha value is -1.81.